The van der Waals surface area contributed by atoms with E-state index in [1.807, 2.05) is 60.7 Å². The number of nitrogens with zero attached hydrogens (tertiary/aromatic N) is 1. The molecule has 0 spiro atoms. The standard InChI is InChI=1S/C21H15NO2/c1-14(23)15-10-12-16(13-11-15)22-21-17-6-2-4-8-19(17)24-20-9-5-3-7-18(20)21/h2-13H,1H3. The Hall–Kier alpha value is -3.20. The maximum atomic E-state index is 11.4. The maximum absolute atomic E-state index is 11.4. The van der Waals surface area contributed by atoms with E-state index < -0.39 is 0 Å². The normalized spacial score (nSPS) is 10.9. The van der Waals surface area contributed by atoms with E-state index >= 15 is 0 Å². The highest BCUT2D eigenvalue weighted by Crippen LogP contribution is 2.20. The molecular weight excluding hydrogens is 298 g/mol. The molecule has 1 aromatic heterocycles. The summed E-state index contributed by atoms with van der Waals surface area (Å²) in [7, 11) is 0. The number of Topliss-reactive ketones (excluding diaryl/α,β-unsaturated/α-hetero) is 1. The summed E-state index contributed by atoms with van der Waals surface area (Å²) >= 11 is 0. The Bertz CT molecular complexity index is 1060. The van der Waals surface area contributed by atoms with Crippen LogP contribution in [-0.4, -0.2) is 5.78 Å². The Morgan fingerprint density at radius 2 is 1.33 bits per heavy atom. The first-order chi connectivity index (χ1) is 11.7. The number of hydrogen-bond donors (Lipinski definition) is 0. The van der Waals surface area contributed by atoms with Crippen LogP contribution in [0.3, 0.4) is 0 Å². The van der Waals surface area contributed by atoms with Gasteiger partial charge < -0.3 is 4.42 Å². The number of rotatable bonds is 2. The van der Waals surface area contributed by atoms with Gasteiger partial charge in [0.2, 0.25) is 0 Å². The molecule has 0 radical (unpaired) electrons. The number of hydrogen-bond acceptors (Lipinski definition) is 3. The molecule has 0 saturated carbocycles. The summed E-state index contributed by atoms with van der Waals surface area (Å²) in [5.41, 5.74) is 3.10. The highest BCUT2D eigenvalue weighted by molar-refractivity contribution is 5.94. The van der Waals surface area contributed by atoms with Gasteiger partial charge in [-0.25, -0.2) is 4.99 Å². The molecule has 0 fully saturated rings. The number of para-hydroxylation sites is 2. The molecule has 116 valence electrons. The topological polar surface area (TPSA) is 42.6 Å². The molecule has 0 amide bonds. The van der Waals surface area contributed by atoms with Crippen LogP contribution in [0.25, 0.3) is 21.9 Å². The van der Waals surface area contributed by atoms with E-state index in [1.165, 1.54) is 0 Å². The predicted molar refractivity (Wildman–Crippen MR) is 95.4 cm³/mol. The van der Waals surface area contributed by atoms with Crippen molar-refractivity contribution in [3.05, 3.63) is 83.7 Å². The van der Waals surface area contributed by atoms with Crippen LogP contribution in [0.4, 0.5) is 5.69 Å². The van der Waals surface area contributed by atoms with Gasteiger partial charge in [0.05, 0.1) is 11.0 Å². The van der Waals surface area contributed by atoms with Crippen LogP contribution >= 0.6 is 0 Å². The molecule has 0 aliphatic carbocycles. The summed E-state index contributed by atoms with van der Waals surface area (Å²) in [6.07, 6.45) is 0. The van der Waals surface area contributed by atoms with Crippen molar-refractivity contribution in [2.75, 3.05) is 0 Å². The van der Waals surface area contributed by atoms with Crippen LogP contribution in [-0.2, 0) is 0 Å². The van der Waals surface area contributed by atoms with Crippen molar-refractivity contribution in [2.24, 2.45) is 4.99 Å². The van der Waals surface area contributed by atoms with Crippen LogP contribution in [0, 0.1) is 0 Å². The van der Waals surface area contributed by atoms with E-state index in [0.717, 1.165) is 33.0 Å². The second-order valence-corrected chi connectivity index (χ2v) is 5.66. The summed E-state index contributed by atoms with van der Waals surface area (Å²) in [5.74, 6) is 0.0518. The fourth-order valence-electron chi connectivity index (χ4n) is 2.79. The lowest BCUT2D eigenvalue weighted by Crippen LogP contribution is -2.04. The highest BCUT2D eigenvalue weighted by atomic mass is 16.3. The molecule has 0 aliphatic rings. The third-order valence-corrected chi connectivity index (χ3v) is 4.02. The SMILES string of the molecule is CC(=O)c1ccc(N=c2c3ccccc3oc3ccccc23)cc1. The molecule has 0 bridgehead atoms. The first kappa shape index (κ1) is 14.4. The average molecular weight is 313 g/mol. The molecule has 3 heteroatoms. The third kappa shape index (κ3) is 2.50. The van der Waals surface area contributed by atoms with Gasteiger partial charge in [0.25, 0.3) is 0 Å². The second-order valence-electron chi connectivity index (χ2n) is 5.66. The van der Waals surface area contributed by atoms with Crippen LogP contribution in [0.15, 0.2) is 82.2 Å². The van der Waals surface area contributed by atoms with E-state index in [4.69, 9.17) is 9.41 Å². The molecule has 3 aromatic carbocycles. The van der Waals surface area contributed by atoms with Gasteiger partial charge in [-0.1, -0.05) is 24.3 Å². The number of carbonyl (C=O) groups excluding carboxylic acids is 1. The molecule has 4 aromatic rings. The summed E-state index contributed by atoms with van der Waals surface area (Å²) in [4.78, 5) is 16.2. The monoisotopic (exact) mass is 313 g/mol. The van der Waals surface area contributed by atoms with Gasteiger partial charge in [0.15, 0.2) is 5.78 Å². The third-order valence-electron chi connectivity index (χ3n) is 4.02. The van der Waals surface area contributed by atoms with Gasteiger partial charge in [-0.2, -0.15) is 0 Å². The number of carbonyl (C=O) groups is 1. The summed E-state index contributed by atoms with van der Waals surface area (Å²) in [6.45, 7) is 1.56. The number of fused-ring (bicyclic) bond motifs is 2. The van der Waals surface area contributed by atoms with Crippen molar-refractivity contribution in [1.29, 1.82) is 0 Å². The number of ketones is 1. The molecule has 1 heterocycles. The molecule has 24 heavy (non-hydrogen) atoms. The summed E-state index contributed by atoms with van der Waals surface area (Å²) in [5, 5.41) is 2.81. The van der Waals surface area contributed by atoms with Crippen LogP contribution in [0.5, 0.6) is 0 Å². The van der Waals surface area contributed by atoms with E-state index in [9.17, 15) is 4.79 Å². The van der Waals surface area contributed by atoms with Gasteiger partial charge in [0.1, 0.15) is 11.2 Å². The zero-order valence-corrected chi connectivity index (χ0v) is 13.2. The zero-order chi connectivity index (χ0) is 16.5. The second kappa shape index (κ2) is 5.78. The molecule has 0 unspecified atom stereocenters. The maximum Gasteiger partial charge on any atom is 0.159 e. The predicted octanol–water partition coefficient (Wildman–Crippen LogP) is 5.02. The van der Waals surface area contributed by atoms with Gasteiger partial charge in [0, 0.05) is 16.3 Å². The quantitative estimate of drug-likeness (QED) is 0.385. The van der Waals surface area contributed by atoms with Crippen molar-refractivity contribution in [3.63, 3.8) is 0 Å². The van der Waals surface area contributed by atoms with Gasteiger partial charge in [-0.15, -0.1) is 0 Å². The fourth-order valence-corrected chi connectivity index (χ4v) is 2.79. The first-order valence-corrected chi connectivity index (χ1v) is 7.79. The zero-order valence-electron chi connectivity index (χ0n) is 13.2. The molecule has 0 N–H and O–H groups in total. The highest BCUT2D eigenvalue weighted by Gasteiger charge is 2.05. The molecule has 0 aliphatic heterocycles. The van der Waals surface area contributed by atoms with E-state index in [2.05, 4.69) is 0 Å². The fraction of sp³-hybridized carbons (Fsp3) is 0.0476. The van der Waals surface area contributed by atoms with Crippen molar-refractivity contribution >= 4 is 33.4 Å². The van der Waals surface area contributed by atoms with Crippen LogP contribution in [0.2, 0.25) is 0 Å². The van der Waals surface area contributed by atoms with Gasteiger partial charge in [-0.3, -0.25) is 4.79 Å². The minimum absolute atomic E-state index is 0.0518. The summed E-state index contributed by atoms with van der Waals surface area (Å²) < 4.78 is 5.97. The largest absolute Gasteiger partial charge is 0.456 e. The van der Waals surface area contributed by atoms with E-state index in [-0.39, 0.29) is 5.78 Å². The lowest BCUT2D eigenvalue weighted by Gasteiger charge is -2.04. The summed E-state index contributed by atoms with van der Waals surface area (Å²) in [6, 6.07) is 23.1. The van der Waals surface area contributed by atoms with Crippen molar-refractivity contribution < 1.29 is 9.21 Å². The van der Waals surface area contributed by atoms with Crippen molar-refractivity contribution in [2.45, 2.75) is 6.92 Å². The van der Waals surface area contributed by atoms with Crippen LogP contribution < -0.4 is 5.36 Å². The molecule has 0 atom stereocenters. The first-order valence-electron chi connectivity index (χ1n) is 7.79. The molecule has 0 saturated heterocycles. The smallest absolute Gasteiger partial charge is 0.159 e. The van der Waals surface area contributed by atoms with Gasteiger partial charge in [-0.05, 0) is 55.5 Å². The lowest BCUT2D eigenvalue weighted by molar-refractivity contribution is 0.101. The van der Waals surface area contributed by atoms with Crippen LogP contribution in [0.1, 0.15) is 17.3 Å². The molecule has 3 nitrogen and oxygen atoms in total. The Labute approximate surface area is 138 Å². The Morgan fingerprint density at radius 3 is 1.88 bits per heavy atom. The minimum Gasteiger partial charge on any atom is -0.456 e. The Balaban J connectivity index is 2.04. The lowest BCUT2D eigenvalue weighted by atomic mass is 10.1. The van der Waals surface area contributed by atoms with Crippen molar-refractivity contribution in [3.8, 4) is 0 Å². The number of benzene rings is 3. The van der Waals surface area contributed by atoms with Crippen molar-refractivity contribution in [1.82, 2.24) is 0 Å². The average Bonchev–Trinajstić information content (AvgIpc) is 2.62. The minimum atomic E-state index is 0.0518. The Kier molecular flexibility index (Phi) is 3.47. The van der Waals surface area contributed by atoms with E-state index in [0.29, 0.717) is 5.56 Å². The molecular formula is C21H15NO2. The van der Waals surface area contributed by atoms with E-state index in [1.54, 1.807) is 19.1 Å². The van der Waals surface area contributed by atoms with Gasteiger partial charge >= 0.3 is 0 Å². The molecule has 4 rings (SSSR count). The Morgan fingerprint density at radius 1 is 0.792 bits per heavy atom.